The minimum atomic E-state index is -1.20. The zero-order valence-corrected chi connectivity index (χ0v) is 13.1. The SMILES string of the molecule is O=C(O)C[C@H](NC(=O)OCc1ccccc1)c1ccccc1[N+](=O)[O-]. The number of ether oxygens (including phenoxy) is 1. The van der Waals surface area contributed by atoms with Gasteiger partial charge < -0.3 is 15.2 Å². The van der Waals surface area contributed by atoms with Gasteiger partial charge in [0.2, 0.25) is 0 Å². The first kappa shape index (κ1) is 17.9. The van der Waals surface area contributed by atoms with Gasteiger partial charge in [0.1, 0.15) is 6.61 Å². The number of nitrogens with one attached hydrogen (secondary N) is 1. The number of para-hydroxylation sites is 1. The molecule has 130 valence electrons. The number of hydrogen-bond acceptors (Lipinski definition) is 5. The molecule has 25 heavy (non-hydrogen) atoms. The van der Waals surface area contributed by atoms with Gasteiger partial charge in [-0.2, -0.15) is 0 Å². The van der Waals surface area contributed by atoms with E-state index in [4.69, 9.17) is 9.84 Å². The lowest BCUT2D eigenvalue weighted by atomic mass is 10.0. The Hall–Kier alpha value is -3.42. The number of carboxylic acids is 1. The number of nitro groups is 1. The predicted octanol–water partition coefficient (Wildman–Crippen LogP) is 3.04. The number of carbonyl (C=O) groups excluding carboxylic acids is 1. The van der Waals surface area contributed by atoms with Crippen LogP contribution in [-0.4, -0.2) is 22.1 Å². The first-order valence-electron chi connectivity index (χ1n) is 7.39. The molecule has 2 aromatic carbocycles. The summed E-state index contributed by atoms with van der Waals surface area (Å²) in [4.78, 5) is 33.5. The highest BCUT2D eigenvalue weighted by molar-refractivity contribution is 5.72. The summed E-state index contributed by atoms with van der Waals surface area (Å²) in [7, 11) is 0. The van der Waals surface area contributed by atoms with Gasteiger partial charge >= 0.3 is 12.1 Å². The summed E-state index contributed by atoms with van der Waals surface area (Å²) in [5, 5.41) is 22.5. The molecular formula is C17H16N2O6. The average Bonchev–Trinajstić information content (AvgIpc) is 2.60. The Balaban J connectivity index is 2.11. The molecule has 0 fully saturated rings. The second-order valence-electron chi connectivity index (χ2n) is 5.17. The summed E-state index contributed by atoms with van der Waals surface area (Å²) >= 11 is 0. The molecule has 8 heteroatoms. The second-order valence-corrected chi connectivity index (χ2v) is 5.17. The number of carboxylic acid groups (broad SMARTS) is 1. The van der Waals surface area contributed by atoms with Gasteiger partial charge in [0, 0.05) is 6.07 Å². The summed E-state index contributed by atoms with van der Waals surface area (Å²) in [6.45, 7) is 0.00332. The van der Waals surface area contributed by atoms with Gasteiger partial charge in [0.15, 0.2) is 0 Å². The van der Waals surface area contributed by atoms with Crippen LogP contribution in [0, 0.1) is 10.1 Å². The van der Waals surface area contributed by atoms with Crippen LogP contribution in [0.4, 0.5) is 10.5 Å². The largest absolute Gasteiger partial charge is 0.481 e. The normalized spacial score (nSPS) is 11.4. The lowest BCUT2D eigenvalue weighted by molar-refractivity contribution is -0.385. The molecule has 0 unspecified atom stereocenters. The Morgan fingerprint density at radius 2 is 1.76 bits per heavy atom. The van der Waals surface area contributed by atoms with E-state index in [1.165, 1.54) is 24.3 Å². The van der Waals surface area contributed by atoms with Crippen LogP contribution >= 0.6 is 0 Å². The third-order valence-corrected chi connectivity index (χ3v) is 3.39. The molecule has 0 heterocycles. The Morgan fingerprint density at radius 1 is 1.12 bits per heavy atom. The van der Waals surface area contributed by atoms with E-state index in [0.717, 1.165) is 5.56 Å². The molecule has 0 aromatic heterocycles. The lowest BCUT2D eigenvalue weighted by Crippen LogP contribution is -2.31. The second kappa shape index (κ2) is 8.44. The van der Waals surface area contributed by atoms with Gasteiger partial charge in [-0.3, -0.25) is 14.9 Å². The van der Waals surface area contributed by atoms with Crippen molar-refractivity contribution in [3.8, 4) is 0 Å². The minimum Gasteiger partial charge on any atom is -0.481 e. The molecule has 2 rings (SSSR count). The van der Waals surface area contributed by atoms with Crippen LogP contribution in [0.2, 0.25) is 0 Å². The lowest BCUT2D eigenvalue weighted by Gasteiger charge is -2.17. The zero-order chi connectivity index (χ0) is 18.2. The van der Waals surface area contributed by atoms with E-state index >= 15 is 0 Å². The number of nitro benzene ring substituents is 1. The minimum absolute atomic E-state index is 0.00332. The van der Waals surface area contributed by atoms with E-state index in [-0.39, 0.29) is 17.9 Å². The summed E-state index contributed by atoms with van der Waals surface area (Å²) in [6, 6.07) is 13.5. The molecule has 8 nitrogen and oxygen atoms in total. The number of benzene rings is 2. The molecule has 0 aliphatic rings. The van der Waals surface area contributed by atoms with Crippen LogP contribution < -0.4 is 5.32 Å². The molecule has 0 saturated carbocycles. The molecule has 0 aliphatic heterocycles. The maximum atomic E-state index is 12.0. The molecule has 0 saturated heterocycles. The fourth-order valence-corrected chi connectivity index (χ4v) is 2.27. The molecule has 2 aromatic rings. The first-order valence-corrected chi connectivity index (χ1v) is 7.39. The van der Waals surface area contributed by atoms with Crippen LogP contribution in [0.3, 0.4) is 0 Å². The van der Waals surface area contributed by atoms with Gasteiger partial charge in [-0.25, -0.2) is 4.79 Å². The van der Waals surface area contributed by atoms with Crippen LogP contribution in [0.15, 0.2) is 54.6 Å². The number of nitrogens with zero attached hydrogens (tertiary/aromatic N) is 1. The maximum absolute atomic E-state index is 12.0. The van der Waals surface area contributed by atoms with Crippen molar-refractivity contribution in [2.45, 2.75) is 19.1 Å². The van der Waals surface area contributed by atoms with Crippen LogP contribution in [-0.2, 0) is 16.1 Å². The van der Waals surface area contributed by atoms with E-state index in [2.05, 4.69) is 5.32 Å². The number of amides is 1. The van der Waals surface area contributed by atoms with Gasteiger partial charge in [0.05, 0.1) is 22.9 Å². The fraction of sp³-hybridized carbons (Fsp3) is 0.176. The van der Waals surface area contributed by atoms with Crippen molar-refractivity contribution < 1.29 is 24.4 Å². The number of alkyl carbamates (subject to hydrolysis) is 1. The molecule has 2 N–H and O–H groups in total. The molecular weight excluding hydrogens is 328 g/mol. The quantitative estimate of drug-likeness (QED) is 0.588. The van der Waals surface area contributed by atoms with Crippen molar-refractivity contribution >= 4 is 17.7 Å². The highest BCUT2D eigenvalue weighted by Crippen LogP contribution is 2.27. The van der Waals surface area contributed by atoms with Gasteiger partial charge in [0.25, 0.3) is 5.69 Å². The van der Waals surface area contributed by atoms with Crippen molar-refractivity contribution in [3.63, 3.8) is 0 Å². The maximum Gasteiger partial charge on any atom is 0.407 e. The molecule has 0 spiro atoms. The Labute approximate surface area is 143 Å². The smallest absolute Gasteiger partial charge is 0.407 e. The Bertz CT molecular complexity index is 763. The van der Waals surface area contributed by atoms with Crippen molar-refractivity contribution in [1.29, 1.82) is 0 Å². The van der Waals surface area contributed by atoms with Crippen LogP contribution in [0.1, 0.15) is 23.6 Å². The summed E-state index contributed by atoms with van der Waals surface area (Å²) in [5.74, 6) is -1.20. The Morgan fingerprint density at radius 3 is 2.40 bits per heavy atom. The van der Waals surface area contributed by atoms with E-state index in [9.17, 15) is 19.7 Å². The van der Waals surface area contributed by atoms with E-state index in [1.807, 2.05) is 6.07 Å². The monoisotopic (exact) mass is 344 g/mol. The van der Waals surface area contributed by atoms with Crippen LogP contribution in [0.25, 0.3) is 0 Å². The van der Waals surface area contributed by atoms with E-state index in [0.29, 0.717) is 0 Å². The molecule has 0 aliphatic carbocycles. The van der Waals surface area contributed by atoms with Crippen molar-refractivity contribution in [3.05, 3.63) is 75.8 Å². The van der Waals surface area contributed by atoms with E-state index in [1.54, 1.807) is 24.3 Å². The average molecular weight is 344 g/mol. The van der Waals surface area contributed by atoms with Gasteiger partial charge in [-0.15, -0.1) is 0 Å². The summed E-state index contributed by atoms with van der Waals surface area (Å²) in [5.41, 5.74) is 0.599. The fourth-order valence-electron chi connectivity index (χ4n) is 2.27. The highest BCUT2D eigenvalue weighted by Gasteiger charge is 2.25. The first-order chi connectivity index (χ1) is 12.0. The zero-order valence-electron chi connectivity index (χ0n) is 13.1. The number of hydrogen-bond donors (Lipinski definition) is 2. The van der Waals surface area contributed by atoms with Crippen LogP contribution in [0.5, 0.6) is 0 Å². The predicted molar refractivity (Wildman–Crippen MR) is 87.9 cm³/mol. The van der Waals surface area contributed by atoms with Gasteiger partial charge in [-0.1, -0.05) is 48.5 Å². The van der Waals surface area contributed by atoms with E-state index < -0.39 is 29.4 Å². The number of carbonyl (C=O) groups is 2. The standard InChI is InChI=1S/C17H16N2O6/c20-16(21)10-14(13-8-4-5-9-15(13)19(23)24)18-17(22)25-11-12-6-2-1-3-7-12/h1-9,14H,10-11H2,(H,18,22)(H,20,21)/t14-/m0/s1. The van der Waals surface area contributed by atoms with Crippen molar-refractivity contribution in [2.75, 3.05) is 0 Å². The number of aliphatic carboxylic acids is 1. The third-order valence-electron chi connectivity index (χ3n) is 3.39. The molecule has 1 atom stereocenters. The summed E-state index contributed by atoms with van der Waals surface area (Å²) in [6.07, 6.45) is -1.36. The highest BCUT2D eigenvalue weighted by atomic mass is 16.6. The molecule has 0 radical (unpaired) electrons. The summed E-state index contributed by atoms with van der Waals surface area (Å²) < 4.78 is 5.05. The molecule has 0 bridgehead atoms. The molecule has 1 amide bonds. The Kier molecular flexibility index (Phi) is 6.05. The topological polar surface area (TPSA) is 119 Å². The third kappa shape index (κ3) is 5.31. The van der Waals surface area contributed by atoms with Crippen molar-refractivity contribution in [2.24, 2.45) is 0 Å². The number of rotatable bonds is 7. The van der Waals surface area contributed by atoms with Gasteiger partial charge in [-0.05, 0) is 5.56 Å². The van der Waals surface area contributed by atoms with Crippen molar-refractivity contribution in [1.82, 2.24) is 5.32 Å².